The van der Waals surface area contributed by atoms with Crippen molar-refractivity contribution in [3.63, 3.8) is 0 Å². The van der Waals surface area contributed by atoms with Gasteiger partial charge in [0, 0.05) is 61.7 Å². The molecule has 13 aromatic rings. The summed E-state index contributed by atoms with van der Waals surface area (Å²) in [5, 5.41) is 14.0. The average molecular weight is 793 g/mol. The summed E-state index contributed by atoms with van der Waals surface area (Å²) >= 11 is 0. The molecule has 13 rings (SSSR count). The first-order valence-corrected chi connectivity index (χ1v) is 21.1. The first-order valence-electron chi connectivity index (χ1n) is 21.1. The third kappa shape index (κ3) is 5.47. The minimum absolute atomic E-state index is 0.847. The van der Waals surface area contributed by atoms with Gasteiger partial charge in [0.2, 0.25) is 0 Å². The summed E-state index contributed by atoms with van der Waals surface area (Å²) in [6.45, 7) is 0. The number of hydrogen-bond donors (Lipinski definition) is 0. The zero-order valence-electron chi connectivity index (χ0n) is 33.5. The molecule has 62 heavy (non-hydrogen) atoms. The molecule has 11 aromatic carbocycles. The maximum absolute atomic E-state index is 6.51. The van der Waals surface area contributed by atoms with Gasteiger partial charge in [0.25, 0.3) is 0 Å². The fourth-order valence-electron chi connectivity index (χ4n) is 9.63. The topological polar surface area (TPSA) is 32.8 Å². The van der Waals surface area contributed by atoms with Crippen molar-refractivity contribution in [3.8, 4) is 0 Å². The fourth-order valence-corrected chi connectivity index (χ4v) is 9.63. The van der Waals surface area contributed by atoms with Gasteiger partial charge in [0.05, 0.1) is 0 Å². The van der Waals surface area contributed by atoms with Gasteiger partial charge in [0.1, 0.15) is 22.3 Å². The molecular formula is C58H36N2O2. The van der Waals surface area contributed by atoms with Crippen LogP contribution in [0.3, 0.4) is 0 Å². The van der Waals surface area contributed by atoms with Crippen molar-refractivity contribution in [2.24, 2.45) is 0 Å². The second-order valence-electron chi connectivity index (χ2n) is 16.1. The highest BCUT2D eigenvalue weighted by molar-refractivity contribution is 6.17. The SMILES string of the molecule is c1ccc(N(c2cccc(N(c3ccc4c(c3)oc3ccccc34)c3ccc4ccc5cc6oc7ccccc7c6cc5c4c3)c2)c2ccc3ccc4ccccc4c3c2)cc1. The lowest BCUT2D eigenvalue weighted by Gasteiger charge is -2.29. The molecule has 0 fully saturated rings. The molecule has 0 atom stereocenters. The maximum Gasteiger partial charge on any atom is 0.137 e. The van der Waals surface area contributed by atoms with Gasteiger partial charge in [0.15, 0.2) is 0 Å². The first-order chi connectivity index (χ1) is 30.7. The van der Waals surface area contributed by atoms with E-state index in [-0.39, 0.29) is 0 Å². The zero-order chi connectivity index (χ0) is 40.7. The van der Waals surface area contributed by atoms with Gasteiger partial charge in [-0.1, -0.05) is 121 Å². The molecule has 0 aliphatic carbocycles. The highest BCUT2D eigenvalue weighted by Gasteiger charge is 2.20. The second kappa shape index (κ2) is 13.6. The number of furan rings is 2. The van der Waals surface area contributed by atoms with E-state index in [1.807, 2.05) is 24.3 Å². The molecule has 0 saturated heterocycles. The van der Waals surface area contributed by atoms with Crippen LogP contribution in [0.15, 0.2) is 227 Å². The Bertz CT molecular complexity index is 3900. The Hall–Kier alpha value is -8.34. The van der Waals surface area contributed by atoms with Crippen molar-refractivity contribution in [2.45, 2.75) is 0 Å². The molecule has 0 aliphatic rings. The Morgan fingerprint density at radius 1 is 0.210 bits per heavy atom. The summed E-state index contributed by atoms with van der Waals surface area (Å²) in [4.78, 5) is 4.72. The molecule has 0 unspecified atom stereocenters. The van der Waals surface area contributed by atoms with Crippen LogP contribution < -0.4 is 9.80 Å². The predicted octanol–water partition coefficient (Wildman–Crippen LogP) is 17.0. The summed E-state index contributed by atoms with van der Waals surface area (Å²) in [6.07, 6.45) is 0. The molecule has 0 bridgehead atoms. The number of para-hydroxylation sites is 3. The smallest absolute Gasteiger partial charge is 0.137 e. The molecule has 0 spiro atoms. The summed E-state index contributed by atoms with van der Waals surface area (Å²) in [5.74, 6) is 0. The van der Waals surface area contributed by atoms with E-state index in [1.54, 1.807) is 0 Å². The maximum atomic E-state index is 6.51. The second-order valence-corrected chi connectivity index (χ2v) is 16.1. The molecule has 0 saturated carbocycles. The Kier molecular flexibility index (Phi) is 7.57. The van der Waals surface area contributed by atoms with Crippen molar-refractivity contribution < 1.29 is 8.83 Å². The molecule has 0 aliphatic heterocycles. The van der Waals surface area contributed by atoms with Crippen molar-refractivity contribution in [3.05, 3.63) is 218 Å². The quantitative estimate of drug-likeness (QED) is 0.157. The summed E-state index contributed by atoms with van der Waals surface area (Å²) < 4.78 is 12.8. The van der Waals surface area contributed by atoms with E-state index < -0.39 is 0 Å². The number of anilines is 6. The first kappa shape index (κ1) is 34.5. The highest BCUT2D eigenvalue weighted by atomic mass is 16.3. The van der Waals surface area contributed by atoms with E-state index in [0.717, 1.165) is 83.4 Å². The van der Waals surface area contributed by atoms with E-state index >= 15 is 0 Å². The number of benzene rings is 11. The molecular weight excluding hydrogens is 757 g/mol. The fraction of sp³-hybridized carbons (Fsp3) is 0. The summed E-state index contributed by atoms with van der Waals surface area (Å²) in [6, 6.07) is 78.3. The largest absolute Gasteiger partial charge is 0.456 e. The van der Waals surface area contributed by atoms with E-state index in [0.29, 0.717) is 0 Å². The van der Waals surface area contributed by atoms with Crippen LogP contribution in [0.1, 0.15) is 0 Å². The van der Waals surface area contributed by atoms with Gasteiger partial charge in [-0.2, -0.15) is 0 Å². The lowest BCUT2D eigenvalue weighted by molar-refractivity contribution is 0.669. The van der Waals surface area contributed by atoms with Crippen molar-refractivity contribution in [1.82, 2.24) is 0 Å². The van der Waals surface area contributed by atoms with Gasteiger partial charge in [-0.15, -0.1) is 0 Å². The van der Waals surface area contributed by atoms with Crippen LogP contribution in [0, 0.1) is 0 Å². The van der Waals surface area contributed by atoms with Crippen molar-refractivity contribution in [2.75, 3.05) is 9.80 Å². The van der Waals surface area contributed by atoms with E-state index in [9.17, 15) is 0 Å². The third-order valence-electron chi connectivity index (χ3n) is 12.5. The monoisotopic (exact) mass is 792 g/mol. The van der Waals surface area contributed by atoms with Gasteiger partial charge in [-0.05, 0) is 134 Å². The summed E-state index contributed by atoms with van der Waals surface area (Å²) in [5.41, 5.74) is 9.79. The van der Waals surface area contributed by atoms with Crippen LogP contribution in [0.2, 0.25) is 0 Å². The lowest BCUT2D eigenvalue weighted by atomic mass is 9.99. The Labute approximate surface area is 356 Å². The lowest BCUT2D eigenvalue weighted by Crippen LogP contribution is -2.13. The third-order valence-corrected chi connectivity index (χ3v) is 12.5. The van der Waals surface area contributed by atoms with E-state index in [2.05, 4.69) is 204 Å². The highest BCUT2D eigenvalue weighted by Crippen LogP contribution is 2.44. The van der Waals surface area contributed by atoms with Gasteiger partial charge in [-0.25, -0.2) is 0 Å². The minimum Gasteiger partial charge on any atom is -0.456 e. The van der Waals surface area contributed by atoms with Crippen LogP contribution in [0.25, 0.3) is 87.0 Å². The normalized spacial score (nSPS) is 11.9. The Morgan fingerprint density at radius 2 is 0.645 bits per heavy atom. The molecule has 0 radical (unpaired) electrons. The number of fused-ring (bicyclic) bond motifs is 12. The van der Waals surface area contributed by atoms with Gasteiger partial charge < -0.3 is 18.6 Å². The van der Waals surface area contributed by atoms with Crippen LogP contribution in [0.5, 0.6) is 0 Å². The number of nitrogens with zero attached hydrogens (tertiary/aromatic N) is 2. The standard InChI is InChI=1S/C58H36N2O2/c1-2-12-41(13-3-1)59(44-27-25-38-22-21-37-11-4-5-16-47(37)51(38)33-44)42-14-10-15-43(32-42)60(46-29-30-50-48-17-6-8-19-55(48)62-58(50)35-46)45-28-26-39-23-24-40-31-57-54(36-53(40)52(39)34-45)49-18-7-9-20-56(49)61-57/h1-36H. The van der Waals surface area contributed by atoms with Crippen LogP contribution in [0.4, 0.5) is 34.1 Å². The van der Waals surface area contributed by atoms with Crippen LogP contribution in [-0.4, -0.2) is 0 Å². The molecule has 0 N–H and O–H groups in total. The number of hydrogen-bond acceptors (Lipinski definition) is 4. The number of rotatable bonds is 6. The molecule has 4 nitrogen and oxygen atoms in total. The van der Waals surface area contributed by atoms with Gasteiger partial charge in [-0.3, -0.25) is 0 Å². The van der Waals surface area contributed by atoms with Crippen molar-refractivity contribution >= 4 is 121 Å². The van der Waals surface area contributed by atoms with Crippen LogP contribution >= 0.6 is 0 Å². The van der Waals surface area contributed by atoms with Crippen LogP contribution in [-0.2, 0) is 0 Å². The predicted molar refractivity (Wildman–Crippen MR) is 260 cm³/mol. The van der Waals surface area contributed by atoms with E-state index in [1.165, 1.54) is 37.7 Å². The van der Waals surface area contributed by atoms with Gasteiger partial charge >= 0.3 is 0 Å². The molecule has 2 aromatic heterocycles. The molecule has 290 valence electrons. The molecule has 0 amide bonds. The zero-order valence-corrected chi connectivity index (χ0v) is 33.5. The molecule has 4 heteroatoms. The van der Waals surface area contributed by atoms with E-state index in [4.69, 9.17) is 8.83 Å². The minimum atomic E-state index is 0.847. The Balaban J connectivity index is 1.03. The average Bonchev–Trinajstić information content (AvgIpc) is 3.89. The molecule has 2 heterocycles. The Morgan fingerprint density at radius 3 is 1.35 bits per heavy atom. The van der Waals surface area contributed by atoms with Crippen molar-refractivity contribution in [1.29, 1.82) is 0 Å². The summed E-state index contributed by atoms with van der Waals surface area (Å²) in [7, 11) is 0.